The zero-order valence-corrected chi connectivity index (χ0v) is 13.5. The molecule has 22 heavy (non-hydrogen) atoms. The van der Waals surface area contributed by atoms with Crippen LogP contribution in [0.25, 0.3) is 0 Å². The molecule has 2 rings (SSSR count). The lowest BCUT2D eigenvalue weighted by atomic mass is 9.95. The first-order chi connectivity index (χ1) is 10.5. The van der Waals surface area contributed by atoms with Gasteiger partial charge in [0, 0.05) is 13.2 Å². The smallest absolute Gasteiger partial charge is 0.243 e. The molecular weight excluding hydrogens is 325 g/mol. The normalized spacial score (nSPS) is 13.2. The van der Waals surface area contributed by atoms with Gasteiger partial charge in [-0.25, -0.2) is 17.5 Å². The van der Waals surface area contributed by atoms with E-state index in [1.54, 1.807) is 11.3 Å². The van der Waals surface area contributed by atoms with Crippen LogP contribution in [-0.4, -0.2) is 26.7 Å². The van der Waals surface area contributed by atoms with Crippen molar-refractivity contribution in [1.29, 1.82) is 0 Å². The molecule has 2 aromatic rings. The molecule has 0 spiro atoms. The summed E-state index contributed by atoms with van der Waals surface area (Å²) in [5.41, 5.74) is 1.09. The molecule has 0 radical (unpaired) electrons. The first kappa shape index (κ1) is 17.1. The summed E-state index contributed by atoms with van der Waals surface area (Å²) in [6.45, 7) is 0.234. The highest BCUT2D eigenvalue weighted by Gasteiger charge is 2.19. The van der Waals surface area contributed by atoms with Crippen molar-refractivity contribution in [2.45, 2.75) is 23.7 Å². The fourth-order valence-corrected chi connectivity index (χ4v) is 4.12. The number of aliphatic hydroxyl groups excluding tert-OH is 1. The predicted octanol–water partition coefficient (Wildman–Crippen LogP) is 2.72. The molecule has 4 nitrogen and oxygen atoms in total. The third kappa shape index (κ3) is 4.36. The van der Waals surface area contributed by atoms with Crippen LogP contribution in [0.2, 0.25) is 0 Å². The number of benzene rings is 1. The summed E-state index contributed by atoms with van der Waals surface area (Å²) in [6, 6.07) is 7.26. The molecule has 1 aromatic carbocycles. The zero-order chi connectivity index (χ0) is 16.0. The zero-order valence-electron chi connectivity index (χ0n) is 11.9. The fraction of sp³-hybridized carbons (Fsp3) is 0.333. The van der Waals surface area contributed by atoms with Gasteiger partial charge in [0.05, 0.1) is 0 Å². The standard InChI is InChI=1S/C15H18FNO3S2/c16-14-3-1-2-4-15(14)22(19,20)17-8-5-12(6-9-18)13-7-10-21-11-13/h1-4,7,10-12,17-18H,5-6,8-9H2. The second kappa shape index (κ2) is 7.82. The second-order valence-electron chi connectivity index (χ2n) is 4.88. The van der Waals surface area contributed by atoms with Crippen LogP contribution in [0.15, 0.2) is 46.0 Å². The molecule has 7 heteroatoms. The van der Waals surface area contributed by atoms with Gasteiger partial charge in [0.15, 0.2) is 0 Å². The van der Waals surface area contributed by atoms with Gasteiger partial charge in [-0.3, -0.25) is 0 Å². The number of aliphatic hydroxyl groups is 1. The Morgan fingerprint density at radius 1 is 1.23 bits per heavy atom. The van der Waals surface area contributed by atoms with Crippen LogP contribution in [0.3, 0.4) is 0 Å². The van der Waals surface area contributed by atoms with E-state index in [0.717, 1.165) is 11.6 Å². The number of hydrogen-bond acceptors (Lipinski definition) is 4. The molecular formula is C15H18FNO3S2. The number of hydrogen-bond donors (Lipinski definition) is 2. The van der Waals surface area contributed by atoms with Gasteiger partial charge >= 0.3 is 0 Å². The maximum absolute atomic E-state index is 13.6. The summed E-state index contributed by atoms with van der Waals surface area (Å²) in [5.74, 6) is -0.681. The van der Waals surface area contributed by atoms with Gasteiger partial charge in [-0.15, -0.1) is 0 Å². The van der Waals surface area contributed by atoms with E-state index in [2.05, 4.69) is 4.72 Å². The van der Waals surface area contributed by atoms with Crippen LogP contribution in [-0.2, 0) is 10.0 Å². The van der Waals surface area contributed by atoms with Crippen LogP contribution < -0.4 is 4.72 Å². The fourth-order valence-electron chi connectivity index (χ4n) is 2.25. The molecule has 0 aliphatic heterocycles. The lowest BCUT2D eigenvalue weighted by Crippen LogP contribution is -2.26. The summed E-state index contributed by atoms with van der Waals surface area (Å²) in [4.78, 5) is -0.343. The van der Waals surface area contributed by atoms with Crippen molar-refractivity contribution in [3.05, 3.63) is 52.5 Å². The first-order valence-corrected chi connectivity index (χ1v) is 9.34. The van der Waals surface area contributed by atoms with Gasteiger partial charge in [0.2, 0.25) is 10.0 Å². The van der Waals surface area contributed by atoms with E-state index in [4.69, 9.17) is 5.11 Å². The monoisotopic (exact) mass is 343 g/mol. The highest BCUT2D eigenvalue weighted by molar-refractivity contribution is 7.89. The van der Waals surface area contributed by atoms with Gasteiger partial charge < -0.3 is 5.11 Å². The average Bonchev–Trinajstić information content (AvgIpc) is 3.00. The van der Waals surface area contributed by atoms with Crippen molar-refractivity contribution in [2.75, 3.05) is 13.2 Å². The van der Waals surface area contributed by atoms with Crippen molar-refractivity contribution in [3.63, 3.8) is 0 Å². The Kier molecular flexibility index (Phi) is 6.07. The minimum absolute atomic E-state index is 0.0422. The Morgan fingerprint density at radius 2 is 2.00 bits per heavy atom. The summed E-state index contributed by atoms with van der Waals surface area (Å²) in [7, 11) is -3.86. The van der Waals surface area contributed by atoms with E-state index in [-0.39, 0.29) is 24.0 Å². The van der Waals surface area contributed by atoms with E-state index in [0.29, 0.717) is 12.8 Å². The Hall–Kier alpha value is -1.28. The molecule has 1 unspecified atom stereocenters. The summed E-state index contributed by atoms with van der Waals surface area (Å²) < 4.78 is 40.1. The molecule has 0 saturated heterocycles. The van der Waals surface area contributed by atoms with Crippen LogP contribution >= 0.6 is 11.3 Å². The van der Waals surface area contributed by atoms with Gasteiger partial charge in [0.1, 0.15) is 10.7 Å². The SMILES string of the molecule is O=S(=O)(NCCC(CCO)c1ccsc1)c1ccccc1F. The van der Waals surface area contributed by atoms with E-state index in [1.807, 2.05) is 16.8 Å². The lowest BCUT2D eigenvalue weighted by molar-refractivity contribution is 0.273. The predicted molar refractivity (Wildman–Crippen MR) is 85.0 cm³/mol. The van der Waals surface area contributed by atoms with E-state index in [9.17, 15) is 12.8 Å². The highest BCUT2D eigenvalue weighted by atomic mass is 32.2. The minimum Gasteiger partial charge on any atom is -0.396 e. The minimum atomic E-state index is -3.86. The molecule has 0 saturated carbocycles. The molecule has 0 bridgehead atoms. The number of thiophene rings is 1. The number of nitrogens with one attached hydrogen (secondary N) is 1. The Labute approximate surface area is 133 Å². The first-order valence-electron chi connectivity index (χ1n) is 6.91. The van der Waals surface area contributed by atoms with Crippen molar-refractivity contribution in [2.24, 2.45) is 0 Å². The van der Waals surface area contributed by atoms with Crippen LogP contribution in [0, 0.1) is 5.82 Å². The van der Waals surface area contributed by atoms with Gasteiger partial charge in [0.25, 0.3) is 0 Å². The van der Waals surface area contributed by atoms with Crippen molar-refractivity contribution in [3.8, 4) is 0 Å². The summed E-state index contributed by atoms with van der Waals surface area (Å²) >= 11 is 1.56. The summed E-state index contributed by atoms with van der Waals surface area (Å²) in [6.07, 6.45) is 1.11. The maximum atomic E-state index is 13.6. The average molecular weight is 343 g/mol. The topological polar surface area (TPSA) is 66.4 Å². The quantitative estimate of drug-likeness (QED) is 0.774. The Bertz CT molecular complexity index is 687. The molecule has 0 amide bonds. The molecule has 0 fully saturated rings. The van der Waals surface area contributed by atoms with Gasteiger partial charge in [-0.2, -0.15) is 11.3 Å². The van der Waals surface area contributed by atoms with Gasteiger partial charge in [-0.05, 0) is 53.3 Å². The molecule has 0 aliphatic carbocycles. The Balaban J connectivity index is 1.98. The Morgan fingerprint density at radius 3 is 2.64 bits per heavy atom. The second-order valence-corrected chi connectivity index (χ2v) is 7.40. The molecule has 1 aromatic heterocycles. The summed E-state index contributed by atoms with van der Waals surface area (Å²) in [5, 5.41) is 13.1. The number of sulfonamides is 1. The van der Waals surface area contributed by atoms with Crippen LogP contribution in [0.1, 0.15) is 24.3 Å². The van der Waals surface area contributed by atoms with Crippen LogP contribution in [0.5, 0.6) is 0 Å². The molecule has 0 aliphatic rings. The highest BCUT2D eigenvalue weighted by Crippen LogP contribution is 2.25. The third-order valence-electron chi connectivity index (χ3n) is 3.40. The molecule has 1 heterocycles. The number of halogens is 1. The largest absolute Gasteiger partial charge is 0.396 e. The van der Waals surface area contributed by atoms with E-state index < -0.39 is 15.8 Å². The maximum Gasteiger partial charge on any atom is 0.243 e. The van der Waals surface area contributed by atoms with Crippen LogP contribution in [0.4, 0.5) is 4.39 Å². The van der Waals surface area contributed by atoms with E-state index in [1.165, 1.54) is 18.2 Å². The number of rotatable bonds is 8. The van der Waals surface area contributed by atoms with Crippen molar-refractivity contribution in [1.82, 2.24) is 4.72 Å². The lowest BCUT2D eigenvalue weighted by Gasteiger charge is -2.15. The third-order valence-corrected chi connectivity index (χ3v) is 5.60. The van der Waals surface area contributed by atoms with Crippen molar-refractivity contribution < 1.29 is 17.9 Å². The molecule has 1 atom stereocenters. The van der Waals surface area contributed by atoms with E-state index >= 15 is 0 Å². The van der Waals surface area contributed by atoms with Gasteiger partial charge in [-0.1, -0.05) is 12.1 Å². The van der Waals surface area contributed by atoms with Crippen molar-refractivity contribution >= 4 is 21.4 Å². The molecule has 2 N–H and O–H groups in total. The molecule has 120 valence electrons.